The monoisotopic (exact) mass is 249 g/mol. The summed E-state index contributed by atoms with van der Waals surface area (Å²) in [5.41, 5.74) is -1.14. The van der Waals surface area contributed by atoms with E-state index in [4.69, 9.17) is 0 Å². The summed E-state index contributed by atoms with van der Waals surface area (Å²) in [4.78, 5) is 1.85. The summed E-state index contributed by atoms with van der Waals surface area (Å²) in [6.07, 6.45) is -0.466. The molecule has 1 atom stereocenters. The molecule has 90 valence electrons. The second-order valence-corrected chi connectivity index (χ2v) is 5.11. The molecule has 0 bridgehead atoms. The molecule has 3 nitrogen and oxygen atoms in total. The molecule has 0 aliphatic rings. The number of alkyl halides is 1. The molecule has 1 unspecified atom stereocenters. The van der Waals surface area contributed by atoms with Crippen molar-refractivity contribution in [3.8, 4) is 0 Å². The van der Waals surface area contributed by atoms with Gasteiger partial charge >= 0.3 is 10.2 Å². The largest absolute Gasteiger partial charge is 0.378 e. The summed E-state index contributed by atoms with van der Waals surface area (Å²) in [5.74, 6) is 0. The number of benzene rings is 1. The molecule has 1 rings (SSSR count). The fourth-order valence-corrected chi connectivity index (χ4v) is 1.61. The molecular weight excluding hydrogens is 236 g/mol. The summed E-state index contributed by atoms with van der Waals surface area (Å²) in [7, 11) is -1.41. The van der Waals surface area contributed by atoms with E-state index < -0.39 is 22.1 Å². The van der Waals surface area contributed by atoms with Crippen molar-refractivity contribution in [3.05, 3.63) is 29.8 Å². The van der Waals surface area contributed by atoms with Gasteiger partial charge in [0, 0.05) is 26.2 Å². The molecular formula is C10H13F2NO2S. The van der Waals surface area contributed by atoms with Crippen molar-refractivity contribution in [2.24, 2.45) is 0 Å². The molecule has 0 N–H and O–H groups in total. The molecule has 0 heterocycles. The van der Waals surface area contributed by atoms with Crippen LogP contribution in [0.4, 0.5) is 14.0 Å². The van der Waals surface area contributed by atoms with Crippen molar-refractivity contribution in [2.45, 2.75) is 11.9 Å². The first kappa shape index (κ1) is 12.9. The second kappa shape index (κ2) is 4.78. The Balaban J connectivity index is 2.77. The van der Waals surface area contributed by atoms with Crippen molar-refractivity contribution >= 4 is 15.9 Å². The molecule has 0 aliphatic heterocycles. The lowest BCUT2D eigenvalue weighted by molar-refractivity contribution is 0.398. The Hall–Kier alpha value is -1.17. The number of rotatable bonds is 4. The molecule has 1 aromatic rings. The predicted octanol–water partition coefficient (Wildman–Crippen LogP) is 1.89. The third-order valence-corrected chi connectivity index (χ3v) is 2.93. The van der Waals surface area contributed by atoms with Gasteiger partial charge in [-0.3, -0.25) is 0 Å². The van der Waals surface area contributed by atoms with Crippen molar-refractivity contribution in [1.29, 1.82) is 0 Å². The Bertz CT molecular complexity index is 442. The molecule has 0 fully saturated rings. The Kier molecular flexibility index (Phi) is 3.85. The van der Waals surface area contributed by atoms with Gasteiger partial charge in [-0.25, -0.2) is 4.39 Å². The lowest BCUT2D eigenvalue weighted by Gasteiger charge is -2.12. The van der Waals surface area contributed by atoms with E-state index in [9.17, 15) is 16.7 Å². The van der Waals surface area contributed by atoms with Crippen LogP contribution in [-0.4, -0.2) is 28.0 Å². The Labute approximate surface area is 93.9 Å². The van der Waals surface area contributed by atoms with Crippen LogP contribution >= 0.6 is 0 Å². The van der Waals surface area contributed by atoms with Crippen LogP contribution in [0.3, 0.4) is 0 Å². The average molecular weight is 249 g/mol. The van der Waals surface area contributed by atoms with Crippen LogP contribution in [0.5, 0.6) is 0 Å². The minimum atomic E-state index is -5.10. The molecule has 0 saturated carbocycles. The van der Waals surface area contributed by atoms with E-state index in [1.165, 1.54) is 0 Å². The Morgan fingerprint density at radius 2 is 1.75 bits per heavy atom. The summed E-state index contributed by atoms with van der Waals surface area (Å²) in [6.45, 7) is 0. The van der Waals surface area contributed by atoms with Crippen LogP contribution in [0.15, 0.2) is 24.3 Å². The smallest absolute Gasteiger partial charge is 0.335 e. The maximum atomic E-state index is 12.9. The van der Waals surface area contributed by atoms with Gasteiger partial charge < -0.3 is 4.90 Å². The van der Waals surface area contributed by atoms with Gasteiger partial charge in [0.25, 0.3) is 0 Å². The van der Waals surface area contributed by atoms with Crippen molar-refractivity contribution in [3.63, 3.8) is 0 Å². The minimum absolute atomic E-state index is 0.444. The van der Waals surface area contributed by atoms with Crippen LogP contribution in [0, 0.1) is 0 Å². The van der Waals surface area contributed by atoms with Gasteiger partial charge in [-0.1, -0.05) is 12.1 Å². The number of halogens is 2. The van der Waals surface area contributed by atoms with Crippen molar-refractivity contribution in [2.75, 3.05) is 19.0 Å². The topological polar surface area (TPSA) is 37.4 Å². The van der Waals surface area contributed by atoms with E-state index >= 15 is 0 Å². The highest BCUT2D eigenvalue weighted by molar-refractivity contribution is 7.86. The number of anilines is 1. The average Bonchev–Trinajstić information content (AvgIpc) is 2.17. The van der Waals surface area contributed by atoms with E-state index in [-0.39, 0.29) is 0 Å². The van der Waals surface area contributed by atoms with Gasteiger partial charge in [-0.05, 0) is 17.7 Å². The zero-order valence-corrected chi connectivity index (χ0v) is 9.84. The van der Waals surface area contributed by atoms with Gasteiger partial charge in [0.2, 0.25) is 5.50 Å². The maximum absolute atomic E-state index is 12.9. The summed E-state index contributed by atoms with van der Waals surface area (Å²) in [6, 6.07) is 6.58. The molecule has 0 radical (unpaired) electrons. The van der Waals surface area contributed by atoms with Gasteiger partial charge in [0.15, 0.2) is 0 Å². The van der Waals surface area contributed by atoms with E-state index in [0.717, 1.165) is 5.69 Å². The fraction of sp³-hybridized carbons (Fsp3) is 0.400. The van der Waals surface area contributed by atoms with Crippen LogP contribution in [0.25, 0.3) is 0 Å². The fourth-order valence-electron chi connectivity index (χ4n) is 1.22. The summed E-state index contributed by atoms with van der Waals surface area (Å²) >= 11 is 0. The molecule has 0 aromatic heterocycles. The van der Waals surface area contributed by atoms with E-state index in [2.05, 4.69) is 0 Å². The Morgan fingerprint density at radius 3 is 2.12 bits per heavy atom. The highest BCUT2D eigenvalue weighted by atomic mass is 32.3. The van der Waals surface area contributed by atoms with Crippen LogP contribution in [0.2, 0.25) is 0 Å². The standard InChI is InChI=1S/C10H13F2NO2S/c1-13(2)9-5-3-8(4-6-9)7-10(11)16(12,14)15/h3-6,10H,7H2,1-2H3. The van der Waals surface area contributed by atoms with E-state index in [1.54, 1.807) is 24.3 Å². The SMILES string of the molecule is CN(C)c1ccc(CC(F)S(=O)(=O)F)cc1. The predicted molar refractivity (Wildman–Crippen MR) is 59.4 cm³/mol. The summed E-state index contributed by atoms with van der Waals surface area (Å²) < 4.78 is 45.7. The third-order valence-electron chi connectivity index (χ3n) is 2.15. The molecule has 0 spiro atoms. The van der Waals surface area contributed by atoms with Gasteiger partial charge in [-0.15, -0.1) is 3.89 Å². The first-order valence-corrected chi connectivity index (χ1v) is 6.09. The van der Waals surface area contributed by atoms with Crippen LogP contribution in [-0.2, 0) is 16.6 Å². The van der Waals surface area contributed by atoms with Crippen LogP contribution in [0.1, 0.15) is 5.56 Å². The number of nitrogens with zero attached hydrogens (tertiary/aromatic N) is 1. The molecule has 6 heteroatoms. The molecule has 16 heavy (non-hydrogen) atoms. The second-order valence-electron chi connectivity index (χ2n) is 3.65. The van der Waals surface area contributed by atoms with Gasteiger partial charge in [0.1, 0.15) is 0 Å². The van der Waals surface area contributed by atoms with Crippen molar-refractivity contribution in [1.82, 2.24) is 0 Å². The quantitative estimate of drug-likeness (QED) is 0.765. The first-order chi connectivity index (χ1) is 7.30. The van der Waals surface area contributed by atoms with E-state index in [0.29, 0.717) is 5.56 Å². The minimum Gasteiger partial charge on any atom is -0.378 e. The summed E-state index contributed by atoms with van der Waals surface area (Å²) in [5, 5.41) is 0. The lowest BCUT2D eigenvalue weighted by Crippen LogP contribution is -2.14. The molecule has 0 saturated heterocycles. The zero-order chi connectivity index (χ0) is 12.3. The van der Waals surface area contributed by atoms with Crippen LogP contribution < -0.4 is 4.90 Å². The third kappa shape index (κ3) is 3.44. The molecule has 0 amide bonds. The van der Waals surface area contributed by atoms with Gasteiger partial charge in [0.05, 0.1) is 0 Å². The Morgan fingerprint density at radius 1 is 1.25 bits per heavy atom. The van der Waals surface area contributed by atoms with E-state index in [1.807, 2.05) is 19.0 Å². The molecule has 0 aliphatic carbocycles. The number of hydrogen-bond acceptors (Lipinski definition) is 3. The highest BCUT2D eigenvalue weighted by Gasteiger charge is 2.24. The first-order valence-electron chi connectivity index (χ1n) is 4.64. The van der Waals surface area contributed by atoms with Gasteiger partial charge in [-0.2, -0.15) is 8.42 Å². The normalized spacial score (nSPS) is 13.5. The maximum Gasteiger partial charge on any atom is 0.335 e. The molecule has 1 aromatic carbocycles. The number of hydrogen-bond donors (Lipinski definition) is 0. The lowest BCUT2D eigenvalue weighted by atomic mass is 10.1. The zero-order valence-electron chi connectivity index (χ0n) is 9.02. The highest BCUT2D eigenvalue weighted by Crippen LogP contribution is 2.16. The van der Waals surface area contributed by atoms with Crippen molar-refractivity contribution < 1.29 is 16.7 Å².